The van der Waals surface area contributed by atoms with Gasteiger partial charge in [0.2, 0.25) is 0 Å². The second-order valence-electron chi connectivity index (χ2n) is 3.63. The summed E-state index contributed by atoms with van der Waals surface area (Å²) in [6.07, 6.45) is 0.120. The molecule has 1 unspecified atom stereocenters. The lowest BCUT2D eigenvalue weighted by molar-refractivity contribution is -0.138. The fraction of sp³-hybridized carbons (Fsp3) is 0.364. The molecule has 0 amide bonds. The molecule has 0 spiro atoms. The SMILES string of the molecule is CN(C)C(CC(=O)O)c1ccc(Br)cc1. The third-order valence-corrected chi connectivity index (χ3v) is 2.77. The monoisotopic (exact) mass is 271 g/mol. The summed E-state index contributed by atoms with van der Waals surface area (Å²) in [5, 5.41) is 8.81. The molecule has 1 N–H and O–H groups in total. The zero-order chi connectivity index (χ0) is 11.4. The molecule has 0 aliphatic rings. The second kappa shape index (κ2) is 5.28. The maximum atomic E-state index is 10.7. The average Bonchev–Trinajstić information content (AvgIpc) is 2.15. The minimum Gasteiger partial charge on any atom is -0.481 e. The Hall–Kier alpha value is -0.870. The van der Waals surface area contributed by atoms with Crippen LogP contribution in [-0.4, -0.2) is 30.1 Å². The van der Waals surface area contributed by atoms with E-state index >= 15 is 0 Å². The van der Waals surface area contributed by atoms with Crippen molar-refractivity contribution in [2.24, 2.45) is 0 Å². The van der Waals surface area contributed by atoms with E-state index in [1.807, 2.05) is 43.3 Å². The normalized spacial score (nSPS) is 12.8. The van der Waals surface area contributed by atoms with Gasteiger partial charge in [0.1, 0.15) is 0 Å². The molecule has 1 rings (SSSR count). The number of rotatable bonds is 4. The van der Waals surface area contributed by atoms with Crippen molar-refractivity contribution in [1.29, 1.82) is 0 Å². The zero-order valence-electron chi connectivity index (χ0n) is 8.77. The highest BCUT2D eigenvalue weighted by Crippen LogP contribution is 2.23. The highest BCUT2D eigenvalue weighted by molar-refractivity contribution is 9.10. The van der Waals surface area contributed by atoms with Gasteiger partial charge in [-0.2, -0.15) is 0 Å². The smallest absolute Gasteiger partial charge is 0.305 e. The van der Waals surface area contributed by atoms with Crippen molar-refractivity contribution in [2.75, 3.05) is 14.1 Å². The summed E-state index contributed by atoms with van der Waals surface area (Å²) in [4.78, 5) is 12.6. The topological polar surface area (TPSA) is 40.5 Å². The number of hydrogen-bond donors (Lipinski definition) is 1. The van der Waals surface area contributed by atoms with Crippen molar-refractivity contribution < 1.29 is 9.90 Å². The standard InChI is InChI=1S/C11H14BrNO2/c1-13(2)10(7-11(14)15)8-3-5-9(12)6-4-8/h3-6,10H,7H2,1-2H3,(H,14,15). The van der Waals surface area contributed by atoms with Crippen LogP contribution in [0.3, 0.4) is 0 Å². The Balaban J connectivity index is 2.88. The Morgan fingerprint density at radius 2 is 1.93 bits per heavy atom. The van der Waals surface area contributed by atoms with E-state index in [0.29, 0.717) is 0 Å². The fourth-order valence-electron chi connectivity index (χ4n) is 1.45. The summed E-state index contributed by atoms with van der Waals surface area (Å²) < 4.78 is 0.999. The molecule has 0 fully saturated rings. The molecular weight excluding hydrogens is 258 g/mol. The van der Waals surface area contributed by atoms with Crippen LogP contribution >= 0.6 is 15.9 Å². The van der Waals surface area contributed by atoms with Crippen molar-refractivity contribution >= 4 is 21.9 Å². The van der Waals surface area contributed by atoms with Crippen molar-refractivity contribution in [2.45, 2.75) is 12.5 Å². The Bertz CT molecular complexity index is 335. The summed E-state index contributed by atoms with van der Waals surface area (Å²) in [7, 11) is 3.77. The van der Waals surface area contributed by atoms with Crippen molar-refractivity contribution in [3.8, 4) is 0 Å². The number of halogens is 1. The van der Waals surface area contributed by atoms with Gasteiger partial charge in [-0.15, -0.1) is 0 Å². The molecule has 0 heterocycles. The molecule has 1 atom stereocenters. The number of benzene rings is 1. The molecule has 0 saturated carbocycles. The maximum Gasteiger partial charge on any atom is 0.305 e. The van der Waals surface area contributed by atoms with E-state index in [-0.39, 0.29) is 12.5 Å². The van der Waals surface area contributed by atoms with E-state index in [0.717, 1.165) is 10.0 Å². The van der Waals surface area contributed by atoms with E-state index in [9.17, 15) is 4.79 Å². The lowest BCUT2D eigenvalue weighted by Gasteiger charge is -2.23. The third-order valence-electron chi connectivity index (χ3n) is 2.25. The molecule has 4 heteroatoms. The third kappa shape index (κ3) is 3.64. The van der Waals surface area contributed by atoms with Crippen LogP contribution in [0.5, 0.6) is 0 Å². The van der Waals surface area contributed by atoms with E-state index in [2.05, 4.69) is 15.9 Å². The van der Waals surface area contributed by atoms with Crippen LogP contribution in [-0.2, 0) is 4.79 Å². The Morgan fingerprint density at radius 3 is 2.33 bits per heavy atom. The van der Waals surface area contributed by atoms with E-state index in [1.54, 1.807) is 0 Å². The van der Waals surface area contributed by atoms with Gasteiger partial charge in [-0.25, -0.2) is 0 Å². The van der Waals surface area contributed by atoms with Gasteiger partial charge in [0, 0.05) is 10.5 Å². The number of aliphatic carboxylic acids is 1. The molecule has 3 nitrogen and oxygen atoms in total. The van der Waals surface area contributed by atoms with Crippen molar-refractivity contribution in [3.63, 3.8) is 0 Å². The van der Waals surface area contributed by atoms with Gasteiger partial charge in [0.25, 0.3) is 0 Å². The summed E-state index contributed by atoms with van der Waals surface area (Å²) in [6, 6.07) is 7.66. The van der Waals surface area contributed by atoms with Gasteiger partial charge in [-0.05, 0) is 31.8 Å². The van der Waals surface area contributed by atoms with Crippen LogP contribution in [0.25, 0.3) is 0 Å². The maximum absolute atomic E-state index is 10.7. The number of carboxylic acids is 1. The minimum absolute atomic E-state index is 0.0735. The molecule has 15 heavy (non-hydrogen) atoms. The Labute approximate surface area is 97.8 Å². The Kier molecular flexibility index (Phi) is 4.29. The highest BCUT2D eigenvalue weighted by Gasteiger charge is 2.17. The first kappa shape index (κ1) is 12.2. The van der Waals surface area contributed by atoms with Gasteiger partial charge in [-0.1, -0.05) is 28.1 Å². The number of carboxylic acid groups (broad SMARTS) is 1. The summed E-state index contributed by atoms with van der Waals surface area (Å²) in [6.45, 7) is 0. The largest absolute Gasteiger partial charge is 0.481 e. The minimum atomic E-state index is -0.781. The molecule has 1 aromatic carbocycles. The number of hydrogen-bond acceptors (Lipinski definition) is 2. The van der Waals surface area contributed by atoms with Crippen LogP contribution in [0, 0.1) is 0 Å². The average molecular weight is 272 g/mol. The summed E-state index contributed by atoms with van der Waals surface area (Å²) in [5.41, 5.74) is 1.02. The first-order valence-corrected chi connectivity index (χ1v) is 5.43. The number of carbonyl (C=O) groups is 1. The summed E-state index contributed by atoms with van der Waals surface area (Å²) >= 11 is 3.35. The molecule has 82 valence electrons. The predicted molar refractivity (Wildman–Crippen MR) is 62.8 cm³/mol. The zero-order valence-corrected chi connectivity index (χ0v) is 10.4. The predicted octanol–water partition coefficient (Wildman–Crippen LogP) is 2.53. The van der Waals surface area contributed by atoms with Crippen LogP contribution in [0.1, 0.15) is 18.0 Å². The van der Waals surface area contributed by atoms with Gasteiger partial charge >= 0.3 is 5.97 Å². The van der Waals surface area contributed by atoms with Crippen LogP contribution in [0.15, 0.2) is 28.7 Å². The summed E-state index contributed by atoms with van der Waals surface area (Å²) in [5.74, 6) is -0.781. The molecule has 0 bridgehead atoms. The van der Waals surface area contributed by atoms with Gasteiger partial charge < -0.3 is 10.0 Å². The lowest BCUT2D eigenvalue weighted by Crippen LogP contribution is -2.22. The van der Waals surface area contributed by atoms with E-state index < -0.39 is 5.97 Å². The first-order chi connectivity index (χ1) is 7.00. The quantitative estimate of drug-likeness (QED) is 0.915. The van der Waals surface area contributed by atoms with Gasteiger partial charge in [0.15, 0.2) is 0 Å². The van der Waals surface area contributed by atoms with Crippen molar-refractivity contribution in [1.82, 2.24) is 4.90 Å². The van der Waals surface area contributed by atoms with Crippen molar-refractivity contribution in [3.05, 3.63) is 34.3 Å². The van der Waals surface area contributed by atoms with Crippen LogP contribution < -0.4 is 0 Å². The molecule has 0 saturated heterocycles. The first-order valence-electron chi connectivity index (χ1n) is 4.64. The van der Waals surface area contributed by atoms with E-state index in [4.69, 9.17) is 5.11 Å². The van der Waals surface area contributed by atoms with Gasteiger partial charge in [0.05, 0.1) is 6.42 Å². The number of nitrogens with zero attached hydrogens (tertiary/aromatic N) is 1. The molecule has 0 aliphatic heterocycles. The lowest BCUT2D eigenvalue weighted by atomic mass is 10.0. The molecular formula is C11H14BrNO2. The molecule has 0 aromatic heterocycles. The van der Waals surface area contributed by atoms with Gasteiger partial charge in [-0.3, -0.25) is 4.79 Å². The van der Waals surface area contributed by atoms with Crippen LogP contribution in [0.2, 0.25) is 0 Å². The Morgan fingerprint density at radius 1 is 1.40 bits per heavy atom. The second-order valence-corrected chi connectivity index (χ2v) is 4.54. The highest BCUT2D eigenvalue weighted by atomic mass is 79.9. The molecule has 0 aliphatic carbocycles. The molecule has 1 aromatic rings. The fourth-order valence-corrected chi connectivity index (χ4v) is 1.71. The van der Waals surface area contributed by atoms with E-state index in [1.165, 1.54) is 0 Å². The van der Waals surface area contributed by atoms with Crippen LogP contribution in [0.4, 0.5) is 0 Å². The molecule has 0 radical (unpaired) electrons.